The standard InChI is InChI=1S/C20H15N3O2/c21-19(25)18(24)17-12-23(20-16(17)9-4-10-22-20)11-14-7-3-6-13-5-1-2-8-15(13)14/h1-10,12H,11H2,(H2,21,25). The molecule has 0 radical (unpaired) electrons. The molecule has 25 heavy (non-hydrogen) atoms. The van der Waals surface area contributed by atoms with Gasteiger partial charge in [0.15, 0.2) is 0 Å². The van der Waals surface area contributed by atoms with Crippen molar-refractivity contribution in [1.82, 2.24) is 9.55 Å². The number of rotatable bonds is 4. The van der Waals surface area contributed by atoms with E-state index in [2.05, 4.69) is 23.2 Å². The van der Waals surface area contributed by atoms with Gasteiger partial charge in [0.05, 0.1) is 5.56 Å². The van der Waals surface area contributed by atoms with Crippen LogP contribution in [0.2, 0.25) is 0 Å². The first kappa shape index (κ1) is 15.1. The minimum Gasteiger partial charge on any atom is -0.363 e. The molecular weight excluding hydrogens is 314 g/mol. The molecule has 0 saturated heterocycles. The number of aromatic nitrogens is 2. The molecule has 4 aromatic rings. The fraction of sp³-hybridized carbons (Fsp3) is 0.0500. The van der Waals surface area contributed by atoms with E-state index in [4.69, 9.17) is 5.73 Å². The normalized spacial score (nSPS) is 11.0. The minimum atomic E-state index is -0.965. The van der Waals surface area contributed by atoms with Gasteiger partial charge in [-0.1, -0.05) is 42.5 Å². The summed E-state index contributed by atoms with van der Waals surface area (Å²) in [7, 11) is 0. The molecule has 0 saturated carbocycles. The Morgan fingerprint density at radius 1 is 0.960 bits per heavy atom. The number of carbonyl (C=O) groups excluding carboxylic acids is 2. The Kier molecular flexibility index (Phi) is 3.54. The van der Waals surface area contributed by atoms with Crippen molar-refractivity contribution < 1.29 is 9.59 Å². The number of carbonyl (C=O) groups is 2. The van der Waals surface area contributed by atoms with Gasteiger partial charge >= 0.3 is 0 Å². The fourth-order valence-corrected chi connectivity index (χ4v) is 3.17. The van der Waals surface area contributed by atoms with Crippen molar-refractivity contribution in [3.8, 4) is 0 Å². The van der Waals surface area contributed by atoms with Crippen LogP contribution in [0.15, 0.2) is 67.0 Å². The van der Waals surface area contributed by atoms with Crippen LogP contribution in [0, 0.1) is 0 Å². The lowest BCUT2D eigenvalue weighted by atomic mass is 10.0. The monoisotopic (exact) mass is 329 g/mol. The third-order valence-electron chi connectivity index (χ3n) is 4.32. The topological polar surface area (TPSA) is 78.0 Å². The van der Waals surface area contributed by atoms with Gasteiger partial charge < -0.3 is 10.3 Å². The number of fused-ring (bicyclic) bond motifs is 2. The second kappa shape index (κ2) is 5.87. The molecule has 0 aliphatic rings. The van der Waals surface area contributed by atoms with Crippen molar-refractivity contribution in [1.29, 1.82) is 0 Å². The number of pyridine rings is 1. The Bertz CT molecular complexity index is 1120. The number of benzene rings is 2. The molecule has 0 atom stereocenters. The molecule has 1 amide bonds. The summed E-state index contributed by atoms with van der Waals surface area (Å²) in [5.41, 5.74) is 7.23. The summed E-state index contributed by atoms with van der Waals surface area (Å²) >= 11 is 0. The molecule has 0 bridgehead atoms. The zero-order chi connectivity index (χ0) is 17.4. The van der Waals surface area contributed by atoms with E-state index < -0.39 is 11.7 Å². The summed E-state index contributed by atoms with van der Waals surface area (Å²) in [5.74, 6) is -1.66. The van der Waals surface area contributed by atoms with Gasteiger partial charge in [0.25, 0.3) is 11.7 Å². The number of nitrogens with zero attached hydrogens (tertiary/aromatic N) is 2. The summed E-state index contributed by atoms with van der Waals surface area (Å²) in [4.78, 5) is 27.8. The zero-order valence-electron chi connectivity index (χ0n) is 13.3. The van der Waals surface area contributed by atoms with Crippen molar-refractivity contribution >= 4 is 33.5 Å². The van der Waals surface area contributed by atoms with Crippen molar-refractivity contribution in [2.45, 2.75) is 6.54 Å². The van der Waals surface area contributed by atoms with Crippen LogP contribution in [0.1, 0.15) is 15.9 Å². The predicted molar refractivity (Wildman–Crippen MR) is 96.3 cm³/mol. The third-order valence-corrected chi connectivity index (χ3v) is 4.32. The Balaban J connectivity index is 1.87. The molecule has 2 aromatic carbocycles. The minimum absolute atomic E-state index is 0.288. The van der Waals surface area contributed by atoms with Gasteiger partial charge in [-0.15, -0.1) is 0 Å². The van der Waals surface area contributed by atoms with E-state index in [-0.39, 0.29) is 5.56 Å². The zero-order valence-corrected chi connectivity index (χ0v) is 13.3. The van der Waals surface area contributed by atoms with Crippen LogP contribution in [0.4, 0.5) is 0 Å². The van der Waals surface area contributed by atoms with Crippen LogP contribution >= 0.6 is 0 Å². The Labute approximate surface area is 143 Å². The first-order valence-corrected chi connectivity index (χ1v) is 7.90. The molecule has 0 aliphatic carbocycles. The highest BCUT2D eigenvalue weighted by Gasteiger charge is 2.20. The average molecular weight is 329 g/mol. The van der Waals surface area contributed by atoms with Gasteiger partial charge in [-0.2, -0.15) is 0 Å². The highest BCUT2D eigenvalue weighted by atomic mass is 16.2. The lowest BCUT2D eigenvalue weighted by Crippen LogP contribution is -2.22. The Morgan fingerprint density at radius 3 is 2.56 bits per heavy atom. The van der Waals surface area contributed by atoms with Crippen LogP contribution in [0.25, 0.3) is 21.8 Å². The first-order valence-electron chi connectivity index (χ1n) is 7.90. The van der Waals surface area contributed by atoms with Gasteiger partial charge in [-0.05, 0) is 28.5 Å². The summed E-state index contributed by atoms with van der Waals surface area (Å²) in [5, 5.41) is 2.93. The maximum atomic E-state index is 12.1. The quantitative estimate of drug-likeness (QED) is 0.462. The number of Topliss-reactive ketones (excluding diaryl/α,β-unsaturated/α-hetero) is 1. The second-order valence-electron chi connectivity index (χ2n) is 5.88. The SMILES string of the molecule is NC(=O)C(=O)c1cn(Cc2cccc3ccccc23)c2ncccc12. The van der Waals surface area contributed by atoms with E-state index >= 15 is 0 Å². The lowest BCUT2D eigenvalue weighted by Gasteiger charge is -2.08. The van der Waals surface area contributed by atoms with Crippen LogP contribution in [0.3, 0.4) is 0 Å². The third kappa shape index (κ3) is 2.55. The summed E-state index contributed by atoms with van der Waals surface area (Å²) in [6.07, 6.45) is 3.33. The highest BCUT2D eigenvalue weighted by molar-refractivity contribution is 6.44. The number of primary amides is 1. The number of ketones is 1. The Hall–Kier alpha value is -3.47. The van der Waals surface area contributed by atoms with Gasteiger partial charge in [-0.25, -0.2) is 4.98 Å². The highest BCUT2D eigenvalue weighted by Crippen LogP contribution is 2.24. The van der Waals surface area contributed by atoms with E-state index in [0.717, 1.165) is 16.3 Å². The van der Waals surface area contributed by atoms with Gasteiger partial charge in [-0.3, -0.25) is 9.59 Å². The van der Waals surface area contributed by atoms with Crippen molar-refractivity contribution in [3.63, 3.8) is 0 Å². The average Bonchev–Trinajstić information content (AvgIpc) is 3.00. The number of hydrogen-bond acceptors (Lipinski definition) is 3. The lowest BCUT2D eigenvalue weighted by molar-refractivity contribution is -0.114. The largest absolute Gasteiger partial charge is 0.363 e. The maximum absolute atomic E-state index is 12.1. The molecule has 122 valence electrons. The molecule has 0 spiro atoms. The maximum Gasteiger partial charge on any atom is 0.289 e. The van der Waals surface area contributed by atoms with E-state index in [9.17, 15) is 9.59 Å². The van der Waals surface area contributed by atoms with Crippen molar-refractivity contribution in [3.05, 3.63) is 78.1 Å². The van der Waals surface area contributed by atoms with E-state index in [1.54, 1.807) is 24.5 Å². The van der Waals surface area contributed by atoms with Crippen LogP contribution in [0.5, 0.6) is 0 Å². The second-order valence-corrected chi connectivity index (χ2v) is 5.88. The van der Waals surface area contributed by atoms with Crippen molar-refractivity contribution in [2.75, 3.05) is 0 Å². The molecule has 5 heteroatoms. The van der Waals surface area contributed by atoms with E-state index in [1.165, 1.54) is 0 Å². The molecule has 0 aliphatic heterocycles. The summed E-state index contributed by atoms with van der Waals surface area (Å²) < 4.78 is 1.88. The molecule has 4 rings (SSSR count). The van der Waals surface area contributed by atoms with Gasteiger partial charge in [0.1, 0.15) is 5.65 Å². The smallest absolute Gasteiger partial charge is 0.289 e. The number of amides is 1. The first-order chi connectivity index (χ1) is 12.1. The molecule has 2 aromatic heterocycles. The van der Waals surface area contributed by atoms with Crippen LogP contribution < -0.4 is 5.73 Å². The van der Waals surface area contributed by atoms with E-state index in [0.29, 0.717) is 17.6 Å². The van der Waals surface area contributed by atoms with Crippen molar-refractivity contribution in [2.24, 2.45) is 5.73 Å². The van der Waals surface area contributed by atoms with Crippen LogP contribution in [-0.4, -0.2) is 21.2 Å². The van der Waals surface area contributed by atoms with E-state index in [1.807, 2.05) is 28.8 Å². The Morgan fingerprint density at radius 2 is 1.72 bits per heavy atom. The molecular formula is C20H15N3O2. The molecule has 0 unspecified atom stereocenters. The fourth-order valence-electron chi connectivity index (χ4n) is 3.17. The molecule has 5 nitrogen and oxygen atoms in total. The summed E-state index contributed by atoms with van der Waals surface area (Å²) in [6.45, 7) is 0.543. The molecule has 2 heterocycles. The number of hydrogen-bond donors (Lipinski definition) is 1. The molecule has 2 N–H and O–H groups in total. The summed E-state index contributed by atoms with van der Waals surface area (Å²) in [6, 6.07) is 17.8. The predicted octanol–water partition coefficient (Wildman–Crippen LogP) is 2.91. The molecule has 0 fully saturated rings. The van der Waals surface area contributed by atoms with Gasteiger partial charge in [0.2, 0.25) is 0 Å². The van der Waals surface area contributed by atoms with Gasteiger partial charge in [0, 0.05) is 24.3 Å². The number of nitrogens with two attached hydrogens (primary N) is 1. The van der Waals surface area contributed by atoms with Crippen LogP contribution in [-0.2, 0) is 11.3 Å².